The first-order valence-corrected chi connectivity index (χ1v) is 4.04. The van der Waals surface area contributed by atoms with Crippen LogP contribution in [0.1, 0.15) is 16.2 Å². The van der Waals surface area contributed by atoms with E-state index in [0.717, 1.165) is 0 Å². The number of hydrogen-bond acceptors (Lipinski definition) is 5. The van der Waals surface area contributed by atoms with Crippen LogP contribution in [0.4, 0.5) is 0 Å². The Balaban J connectivity index is 3.10. The van der Waals surface area contributed by atoms with Crippen molar-refractivity contribution >= 4 is 5.97 Å². The molecule has 1 aromatic heterocycles. The van der Waals surface area contributed by atoms with E-state index in [4.69, 9.17) is 10.5 Å². The minimum Gasteiger partial charge on any atom is -0.497 e. The van der Waals surface area contributed by atoms with Gasteiger partial charge in [-0.3, -0.25) is 0 Å². The van der Waals surface area contributed by atoms with Crippen molar-refractivity contribution in [1.82, 2.24) is 4.98 Å². The van der Waals surface area contributed by atoms with Crippen LogP contribution in [-0.2, 0) is 11.3 Å². The lowest BCUT2D eigenvalue weighted by Gasteiger charge is -2.05. The molecule has 5 heteroatoms. The molecule has 0 amide bonds. The van der Waals surface area contributed by atoms with Gasteiger partial charge < -0.3 is 15.2 Å². The van der Waals surface area contributed by atoms with Crippen LogP contribution < -0.4 is 10.5 Å². The number of nitrogens with two attached hydrogens (primary N) is 1. The van der Waals surface area contributed by atoms with Gasteiger partial charge in [-0.15, -0.1) is 0 Å². The Labute approximate surface area is 81.8 Å². The average molecular weight is 196 g/mol. The number of aromatic nitrogens is 1. The predicted octanol–water partition coefficient (Wildman–Crippen LogP) is 0.336. The van der Waals surface area contributed by atoms with E-state index in [0.29, 0.717) is 11.4 Å². The Morgan fingerprint density at radius 3 is 2.71 bits per heavy atom. The average Bonchev–Trinajstić information content (AvgIpc) is 2.27. The molecular formula is C9H12N2O3. The number of nitrogens with zero attached hydrogens (tertiary/aromatic N) is 1. The fourth-order valence-electron chi connectivity index (χ4n) is 0.991. The topological polar surface area (TPSA) is 74.4 Å². The van der Waals surface area contributed by atoms with Crippen LogP contribution in [0.25, 0.3) is 0 Å². The summed E-state index contributed by atoms with van der Waals surface area (Å²) in [5, 5.41) is 0. The van der Waals surface area contributed by atoms with Crippen molar-refractivity contribution < 1.29 is 14.3 Å². The standard InChI is InChI=1S/C9H12N2O3/c1-13-7-3-6(5-10)11-8(4-7)9(12)14-2/h3-4H,5,10H2,1-2H3. The summed E-state index contributed by atoms with van der Waals surface area (Å²) in [7, 11) is 2.81. The van der Waals surface area contributed by atoms with E-state index < -0.39 is 5.97 Å². The highest BCUT2D eigenvalue weighted by Crippen LogP contribution is 2.14. The highest BCUT2D eigenvalue weighted by molar-refractivity contribution is 5.87. The molecule has 76 valence electrons. The number of carbonyl (C=O) groups is 1. The van der Waals surface area contributed by atoms with Crippen LogP contribution >= 0.6 is 0 Å². The second-order valence-electron chi connectivity index (χ2n) is 2.58. The first-order valence-electron chi connectivity index (χ1n) is 4.04. The number of ether oxygens (including phenoxy) is 2. The van der Waals surface area contributed by atoms with Crippen LogP contribution in [0.3, 0.4) is 0 Å². The van der Waals surface area contributed by atoms with E-state index in [-0.39, 0.29) is 12.2 Å². The molecule has 0 aliphatic rings. The molecule has 0 atom stereocenters. The first kappa shape index (κ1) is 10.5. The fraction of sp³-hybridized carbons (Fsp3) is 0.333. The van der Waals surface area contributed by atoms with Crippen LogP contribution in [0.5, 0.6) is 5.75 Å². The third-order valence-electron chi connectivity index (χ3n) is 1.69. The van der Waals surface area contributed by atoms with E-state index in [1.807, 2.05) is 0 Å². The van der Waals surface area contributed by atoms with Gasteiger partial charge in [-0.05, 0) is 0 Å². The zero-order valence-corrected chi connectivity index (χ0v) is 8.11. The second kappa shape index (κ2) is 4.57. The van der Waals surface area contributed by atoms with Crippen LogP contribution in [0.15, 0.2) is 12.1 Å². The molecule has 0 aromatic carbocycles. The van der Waals surface area contributed by atoms with Crippen molar-refractivity contribution in [3.8, 4) is 5.75 Å². The molecule has 0 bridgehead atoms. The monoisotopic (exact) mass is 196 g/mol. The lowest BCUT2D eigenvalue weighted by atomic mass is 10.3. The normalized spacial score (nSPS) is 9.64. The lowest BCUT2D eigenvalue weighted by Crippen LogP contribution is -2.09. The number of esters is 1. The second-order valence-corrected chi connectivity index (χ2v) is 2.58. The van der Waals surface area contributed by atoms with E-state index in [1.54, 1.807) is 6.07 Å². The zero-order valence-electron chi connectivity index (χ0n) is 8.11. The fourth-order valence-corrected chi connectivity index (χ4v) is 0.991. The third kappa shape index (κ3) is 2.20. The van der Waals surface area contributed by atoms with Gasteiger partial charge in [0.05, 0.1) is 19.9 Å². The van der Waals surface area contributed by atoms with E-state index >= 15 is 0 Å². The van der Waals surface area contributed by atoms with E-state index in [2.05, 4.69) is 9.72 Å². The van der Waals surface area contributed by atoms with E-state index in [9.17, 15) is 4.79 Å². The Morgan fingerprint density at radius 1 is 1.50 bits per heavy atom. The van der Waals surface area contributed by atoms with Gasteiger partial charge in [0.2, 0.25) is 0 Å². The van der Waals surface area contributed by atoms with Crippen LogP contribution in [0.2, 0.25) is 0 Å². The molecule has 0 aliphatic carbocycles. The van der Waals surface area contributed by atoms with E-state index in [1.165, 1.54) is 20.3 Å². The molecule has 1 aromatic rings. The third-order valence-corrected chi connectivity index (χ3v) is 1.69. The van der Waals surface area contributed by atoms with Gasteiger partial charge in [-0.1, -0.05) is 0 Å². The molecule has 1 heterocycles. The SMILES string of the molecule is COC(=O)c1cc(OC)cc(CN)n1. The molecule has 14 heavy (non-hydrogen) atoms. The Hall–Kier alpha value is -1.62. The van der Waals surface area contributed by atoms with Gasteiger partial charge in [0.1, 0.15) is 5.75 Å². The number of rotatable bonds is 3. The molecule has 0 aliphatic heterocycles. The highest BCUT2D eigenvalue weighted by Gasteiger charge is 2.10. The van der Waals surface area contributed by atoms with Crippen molar-refractivity contribution in [3.05, 3.63) is 23.5 Å². The maximum atomic E-state index is 11.2. The molecule has 2 N–H and O–H groups in total. The summed E-state index contributed by atoms with van der Waals surface area (Å²) in [5.74, 6) is 0.0412. The van der Waals surface area contributed by atoms with Crippen molar-refractivity contribution in [1.29, 1.82) is 0 Å². The Bertz CT molecular complexity index is 317. The quantitative estimate of drug-likeness (QED) is 0.705. The summed E-state index contributed by atoms with van der Waals surface area (Å²) < 4.78 is 9.53. The summed E-state index contributed by atoms with van der Waals surface area (Å²) >= 11 is 0. The lowest BCUT2D eigenvalue weighted by molar-refractivity contribution is 0.0593. The number of methoxy groups -OCH3 is 2. The minimum absolute atomic E-state index is 0.201. The Morgan fingerprint density at radius 2 is 2.21 bits per heavy atom. The maximum Gasteiger partial charge on any atom is 0.356 e. The van der Waals surface area contributed by atoms with Gasteiger partial charge in [0.25, 0.3) is 0 Å². The Kier molecular flexibility index (Phi) is 3.41. The van der Waals surface area contributed by atoms with Crippen molar-refractivity contribution in [2.24, 2.45) is 5.73 Å². The van der Waals surface area contributed by atoms with Crippen molar-refractivity contribution in [2.75, 3.05) is 14.2 Å². The number of carbonyl (C=O) groups excluding carboxylic acids is 1. The molecule has 5 nitrogen and oxygen atoms in total. The van der Waals surface area contributed by atoms with Gasteiger partial charge in [-0.25, -0.2) is 9.78 Å². The van der Waals surface area contributed by atoms with Crippen LogP contribution in [0, 0.1) is 0 Å². The summed E-state index contributed by atoms with van der Waals surface area (Å²) in [5.41, 5.74) is 6.20. The number of hydrogen-bond donors (Lipinski definition) is 1. The molecule has 0 saturated carbocycles. The molecular weight excluding hydrogens is 184 g/mol. The largest absolute Gasteiger partial charge is 0.497 e. The maximum absolute atomic E-state index is 11.2. The highest BCUT2D eigenvalue weighted by atomic mass is 16.5. The summed E-state index contributed by atoms with van der Waals surface area (Å²) in [6.07, 6.45) is 0. The zero-order chi connectivity index (χ0) is 10.6. The van der Waals surface area contributed by atoms with Gasteiger partial charge >= 0.3 is 5.97 Å². The molecule has 0 unspecified atom stereocenters. The van der Waals surface area contributed by atoms with Crippen molar-refractivity contribution in [3.63, 3.8) is 0 Å². The van der Waals surface area contributed by atoms with Gasteiger partial charge in [-0.2, -0.15) is 0 Å². The van der Waals surface area contributed by atoms with Gasteiger partial charge in [0, 0.05) is 18.7 Å². The predicted molar refractivity (Wildman–Crippen MR) is 50.0 cm³/mol. The summed E-state index contributed by atoms with van der Waals surface area (Å²) in [6, 6.07) is 3.18. The molecule has 0 saturated heterocycles. The van der Waals surface area contributed by atoms with Crippen molar-refractivity contribution in [2.45, 2.75) is 6.54 Å². The van der Waals surface area contributed by atoms with Gasteiger partial charge in [0.15, 0.2) is 5.69 Å². The smallest absolute Gasteiger partial charge is 0.356 e. The first-order chi connectivity index (χ1) is 6.71. The molecule has 0 spiro atoms. The minimum atomic E-state index is -0.501. The molecule has 0 fully saturated rings. The van der Waals surface area contributed by atoms with Crippen LogP contribution in [-0.4, -0.2) is 25.2 Å². The number of pyridine rings is 1. The molecule has 1 rings (SSSR count). The molecule has 0 radical (unpaired) electrons. The summed E-state index contributed by atoms with van der Waals surface area (Å²) in [4.78, 5) is 15.2. The summed E-state index contributed by atoms with van der Waals surface area (Å²) in [6.45, 7) is 0.251.